The molecule has 0 spiro atoms. The summed E-state index contributed by atoms with van der Waals surface area (Å²) in [5.41, 5.74) is 3.12. The summed E-state index contributed by atoms with van der Waals surface area (Å²) in [6.07, 6.45) is 3.22. The molecule has 6 nitrogen and oxygen atoms in total. The van der Waals surface area contributed by atoms with Gasteiger partial charge in [0.25, 0.3) is 0 Å². The molecule has 0 bridgehead atoms. The molecule has 0 radical (unpaired) electrons. The van der Waals surface area contributed by atoms with Crippen LogP contribution < -0.4 is 5.32 Å². The van der Waals surface area contributed by atoms with Crippen molar-refractivity contribution in [1.29, 1.82) is 0 Å². The number of anilines is 1. The van der Waals surface area contributed by atoms with Crippen LogP contribution >= 0.6 is 11.3 Å². The smallest absolute Gasteiger partial charge is 0.226 e. The minimum atomic E-state index is -0.0501. The minimum Gasteiger partial charge on any atom is -0.301 e. The molecule has 7 heteroatoms. The number of amides is 1. The molecule has 2 N–H and O–H groups in total. The lowest BCUT2D eigenvalue weighted by molar-refractivity contribution is -0.116. The van der Waals surface area contributed by atoms with E-state index in [2.05, 4.69) is 39.6 Å². The standard InChI is InChI=1S/C15H23N5OS/c1-5-6-9(2)14-19-20-15(22-14)16-13(21)8-7-12-10(3)11(4)17-18-12/h9H,5-8H2,1-4H3,(H,17,18)(H,16,20,21)/t9-/m0/s1. The molecule has 0 aliphatic rings. The van der Waals surface area contributed by atoms with Crippen molar-refractivity contribution in [3.63, 3.8) is 0 Å². The number of carbonyl (C=O) groups is 1. The van der Waals surface area contributed by atoms with Crippen LogP contribution in [0.15, 0.2) is 0 Å². The Kier molecular flexibility index (Phi) is 5.65. The zero-order chi connectivity index (χ0) is 16.1. The first-order chi connectivity index (χ1) is 10.5. The second-order valence-corrected chi connectivity index (χ2v) is 6.61. The van der Waals surface area contributed by atoms with Crippen LogP contribution in [0.3, 0.4) is 0 Å². The maximum Gasteiger partial charge on any atom is 0.226 e. The van der Waals surface area contributed by atoms with Gasteiger partial charge in [0.05, 0.1) is 5.69 Å². The largest absolute Gasteiger partial charge is 0.301 e. The van der Waals surface area contributed by atoms with Gasteiger partial charge in [-0.3, -0.25) is 9.89 Å². The average molecular weight is 321 g/mol. The number of H-pyrrole nitrogens is 1. The SMILES string of the molecule is CCC[C@H](C)c1nnc(NC(=O)CCc2n[nH]c(C)c2C)s1. The Morgan fingerprint density at radius 1 is 1.36 bits per heavy atom. The highest BCUT2D eigenvalue weighted by molar-refractivity contribution is 7.15. The predicted octanol–water partition coefficient (Wildman–Crippen LogP) is 3.35. The van der Waals surface area contributed by atoms with Crippen LogP contribution in [0.1, 0.15) is 61.0 Å². The third kappa shape index (κ3) is 4.13. The van der Waals surface area contributed by atoms with Crippen LogP contribution in [0.25, 0.3) is 0 Å². The Bertz CT molecular complexity index is 634. The zero-order valence-electron chi connectivity index (χ0n) is 13.6. The van der Waals surface area contributed by atoms with Crippen molar-refractivity contribution in [1.82, 2.24) is 20.4 Å². The van der Waals surface area contributed by atoms with Gasteiger partial charge in [0.15, 0.2) is 0 Å². The van der Waals surface area contributed by atoms with E-state index in [1.807, 2.05) is 13.8 Å². The molecule has 2 aromatic heterocycles. The summed E-state index contributed by atoms with van der Waals surface area (Å²) in [5.74, 6) is 0.341. The van der Waals surface area contributed by atoms with E-state index in [9.17, 15) is 4.79 Å². The van der Waals surface area contributed by atoms with Gasteiger partial charge in [0.2, 0.25) is 11.0 Å². The van der Waals surface area contributed by atoms with Crippen LogP contribution in [-0.2, 0) is 11.2 Å². The molecule has 0 aromatic carbocycles. The number of aryl methyl sites for hydroxylation is 2. The maximum absolute atomic E-state index is 12.0. The lowest BCUT2D eigenvalue weighted by atomic mass is 10.1. The highest BCUT2D eigenvalue weighted by atomic mass is 32.1. The predicted molar refractivity (Wildman–Crippen MR) is 88.2 cm³/mol. The topological polar surface area (TPSA) is 83.6 Å². The number of nitrogens with one attached hydrogen (secondary N) is 2. The summed E-state index contributed by atoms with van der Waals surface area (Å²) >= 11 is 1.46. The molecule has 0 unspecified atom stereocenters. The number of rotatable bonds is 7. The van der Waals surface area contributed by atoms with Gasteiger partial charge in [0.1, 0.15) is 5.01 Å². The van der Waals surface area contributed by atoms with Crippen molar-refractivity contribution in [2.24, 2.45) is 0 Å². The Balaban J connectivity index is 1.86. The van der Waals surface area contributed by atoms with Gasteiger partial charge >= 0.3 is 0 Å². The van der Waals surface area contributed by atoms with Crippen LogP contribution in [-0.4, -0.2) is 26.3 Å². The highest BCUT2D eigenvalue weighted by Crippen LogP contribution is 2.26. The van der Waals surface area contributed by atoms with Crippen molar-refractivity contribution in [3.8, 4) is 0 Å². The summed E-state index contributed by atoms with van der Waals surface area (Å²) in [6.45, 7) is 8.28. The first kappa shape index (κ1) is 16.6. The number of aromatic amines is 1. The third-order valence-electron chi connectivity index (χ3n) is 3.77. The van der Waals surface area contributed by atoms with Gasteiger partial charge in [-0.1, -0.05) is 31.6 Å². The van der Waals surface area contributed by atoms with Crippen LogP contribution in [0.2, 0.25) is 0 Å². The number of aromatic nitrogens is 4. The van der Waals surface area contributed by atoms with Crippen molar-refractivity contribution in [2.75, 3.05) is 5.32 Å². The lowest BCUT2D eigenvalue weighted by Gasteiger charge is -2.03. The van der Waals surface area contributed by atoms with Gasteiger partial charge in [-0.2, -0.15) is 5.10 Å². The Labute approximate surface area is 134 Å². The molecule has 0 aliphatic carbocycles. The Morgan fingerprint density at radius 3 is 2.77 bits per heavy atom. The summed E-state index contributed by atoms with van der Waals surface area (Å²) in [4.78, 5) is 12.0. The van der Waals surface area contributed by atoms with Gasteiger partial charge < -0.3 is 5.32 Å². The number of hydrogen-bond donors (Lipinski definition) is 2. The van der Waals surface area contributed by atoms with E-state index >= 15 is 0 Å². The first-order valence-electron chi connectivity index (χ1n) is 7.65. The highest BCUT2D eigenvalue weighted by Gasteiger charge is 2.14. The van der Waals surface area contributed by atoms with Crippen LogP contribution in [0.4, 0.5) is 5.13 Å². The normalized spacial score (nSPS) is 12.4. The molecule has 0 fully saturated rings. The summed E-state index contributed by atoms with van der Waals surface area (Å²) in [6, 6.07) is 0. The molecule has 0 saturated heterocycles. The third-order valence-corrected chi connectivity index (χ3v) is 4.84. The monoisotopic (exact) mass is 321 g/mol. The molecule has 2 rings (SSSR count). The molecular formula is C15H23N5OS. The zero-order valence-corrected chi connectivity index (χ0v) is 14.4. The minimum absolute atomic E-state index is 0.0501. The van der Waals surface area contributed by atoms with E-state index in [1.54, 1.807) is 0 Å². The number of carbonyl (C=O) groups excluding carboxylic acids is 1. The Hall–Kier alpha value is -1.76. The molecule has 2 heterocycles. The summed E-state index contributed by atoms with van der Waals surface area (Å²) < 4.78 is 0. The fraction of sp³-hybridized carbons (Fsp3) is 0.600. The van der Waals surface area contributed by atoms with Gasteiger partial charge in [0, 0.05) is 24.5 Å². The molecule has 1 atom stereocenters. The molecular weight excluding hydrogens is 298 g/mol. The first-order valence-corrected chi connectivity index (χ1v) is 8.46. The lowest BCUT2D eigenvalue weighted by Crippen LogP contribution is -2.12. The van der Waals surface area contributed by atoms with E-state index < -0.39 is 0 Å². The van der Waals surface area contributed by atoms with Crippen LogP contribution in [0.5, 0.6) is 0 Å². The molecule has 0 aliphatic heterocycles. The van der Waals surface area contributed by atoms with Crippen LogP contribution in [0, 0.1) is 13.8 Å². The van der Waals surface area contributed by atoms with Gasteiger partial charge in [-0.15, -0.1) is 10.2 Å². The number of hydrogen-bond acceptors (Lipinski definition) is 5. The van der Waals surface area contributed by atoms with E-state index in [4.69, 9.17) is 0 Å². The molecule has 120 valence electrons. The second kappa shape index (κ2) is 7.49. The molecule has 0 saturated carbocycles. The Morgan fingerprint density at radius 2 is 2.14 bits per heavy atom. The fourth-order valence-electron chi connectivity index (χ4n) is 2.23. The average Bonchev–Trinajstić information content (AvgIpc) is 3.06. The molecule has 1 amide bonds. The maximum atomic E-state index is 12.0. The van der Waals surface area contributed by atoms with E-state index in [1.165, 1.54) is 11.3 Å². The van der Waals surface area contributed by atoms with E-state index in [-0.39, 0.29) is 5.91 Å². The summed E-state index contributed by atoms with van der Waals surface area (Å²) in [7, 11) is 0. The fourth-order valence-corrected chi connectivity index (χ4v) is 3.08. The van der Waals surface area contributed by atoms with E-state index in [0.29, 0.717) is 23.9 Å². The quantitative estimate of drug-likeness (QED) is 0.819. The second-order valence-electron chi connectivity index (χ2n) is 5.60. The van der Waals surface area contributed by atoms with Gasteiger partial charge in [-0.25, -0.2) is 0 Å². The molecule has 22 heavy (non-hydrogen) atoms. The van der Waals surface area contributed by atoms with E-state index in [0.717, 1.165) is 34.8 Å². The van der Waals surface area contributed by atoms with Crippen molar-refractivity contribution in [2.45, 2.75) is 59.3 Å². The number of nitrogens with zero attached hydrogens (tertiary/aromatic N) is 3. The summed E-state index contributed by atoms with van der Waals surface area (Å²) in [5, 5.41) is 19.7. The van der Waals surface area contributed by atoms with Crippen molar-refractivity contribution >= 4 is 22.4 Å². The van der Waals surface area contributed by atoms with Crippen molar-refractivity contribution in [3.05, 3.63) is 22.0 Å². The van der Waals surface area contributed by atoms with Crippen molar-refractivity contribution < 1.29 is 4.79 Å². The van der Waals surface area contributed by atoms with Gasteiger partial charge in [-0.05, 0) is 25.8 Å². The molecule has 2 aromatic rings.